The summed E-state index contributed by atoms with van der Waals surface area (Å²) in [5.41, 5.74) is 0. The van der Waals surface area contributed by atoms with E-state index in [1.165, 1.54) is 7.11 Å². The molecule has 1 heterocycles. The van der Waals surface area contributed by atoms with Crippen LogP contribution in [0, 0.1) is 5.92 Å². The first-order chi connectivity index (χ1) is 12.7. The molecule has 148 valence electrons. The third kappa shape index (κ3) is 5.88. The minimum Gasteiger partial charge on any atom is -0.493 e. The highest BCUT2D eigenvalue weighted by Gasteiger charge is 2.23. The number of amides is 1. The number of aromatic nitrogens is 2. The van der Waals surface area contributed by atoms with E-state index in [0.717, 1.165) is 11.3 Å². The van der Waals surface area contributed by atoms with E-state index in [1.807, 2.05) is 6.07 Å². The molecule has 2 rings (SSSR count). The molecule has 0 spiro atoms. The molecule has 0 aliphatic heterocycles. The van der Waals surface area contributed by atoms with Crippen molar-refractivity contribution in [2.75, 3.05) is 19.0 Å². The molecule has 2 N–H and O–H groups in total. The van der Waals surface area contributed by atoms with Gasteiger partial charge in [-0.2, -0.15) is 0 Å². The lowest BCUT2D eigenvalue weighted by Gasteiger charge is -2.15. The fraction of sp³-hybridized carbons (Fsp3) is 0.438. The molecule has 1 amide bonds. The van der Waals surface area contributed by atoms with Crippen molar-refractivity contribution in [1.29, 1.82) is 0 Å². The molecule has 11 heteroatoms. The van der Waals surface area contributed by atoms with Crippen LogP contribution >= 0.6 is 11.3 Å². The number of sulfonamides is 1. The molecular formula is C16H22N4O5S2. The van der Waals surface area contributed by atoms with Crippen LogP contribution in [0.3, 0.4) is 0 Å². The summed E-state index contributed by atoms with van der Waals surface area (Å²) in [6.07, 6.45) is 0. The van der Waals surface area contributed by atoms with Crippen LogP contribution in [0.1, 0.15) is 20.8 Å². The van der Waals surface area contributed by atoms with Gasteiger partial charge >= 0.3 is 0 Å². The van der Waals surface area contributed by atoms with E-state index in [-0.39, 0.29) is 27.9 Å². The Labute approximate surface area is 162 Å². The van der Waals surface area contributed by atoms with Crippen molar-refractivity contribution >= 4 is 32.4 Å². The Balaban J connectivity index is 1.97. The minimum atomic E-state index is -3.88. The molecule has 1 atom stereocenters. The van der Waals surface area contributed by atoms with Gasteiger partial charge in [-0.15, -0.1) is 10.2 Å². The summed E-state index contributed by atoms with van der Waals surface area (Å²) in [7, 11) is -2.36. The van der Waals surface area contributed by atoms with E-state index in [1.54, 1.807) is 39.0 Å². The van der Waals surface area contributed by atoms with Gasteiger partial charge in [0.15, 0.2) is 11.5 Å². The third-order valence-corrected chi connectivity index (χ3v) is 6.10. The maximum atomic E-state index is 12.4. The molecule has 0 bridgehead atoms. The van der Waals surface area contributed by atoms with Gasteiger partial charge in [0, 0.05) is 5.92 Å². The molecule has 9 nitrogen and oxygen atoms in total. The summed E-state index contributed by atoms with van der Waals surface area (Å²) >= 11 is 0.783. The smallest absolute Gasteiger partial charge is 0.270 e. The summed E-state index contributed by atoms with van der Waals surface area (Å²) in [5.74, 6) is 0.559. The van der Waals surface area contributed by atoms with Crippen LogP contribution in [0.2, 0.25) is 0 Å². The molecule has 27 heavy (non-hydrogen) atoms. The highest BCUT2D eigenvalue weighted by molar-refractivity contribution is 7.91. The fourth-order valence-corrected chi connectivity index (χ4v) is 4.07. The number of benzene rings is 1. The molecule has 0 aliphatic rings. The molecule has 0 aliphatic carbocycles. The van der Waals surface area contributed by atoms with Crippen LogP contribution in [-0.4, -0.2) is 44.3 Å². The second-order valence-electron chi connectivity index (χ2n) is 6.00. The van der Waals surface area contributed by atoms with Gasteiger partial charge in [-0.1, -0.05) is 37.3 Å². The summed E-state index contributed by atoms with van der Waals surface area (Å²) < 4.78 is 37.9. The van der Waals surface area contributed by atoms with Crippen molar-refractivity contribution in [3.63, 3.8) is 0 Å². The molecule has 2 aromatic rings. The van der Waals surface area contributed by atoms with Gasteiger partial charge in [0.1, 0.15) is 6.61 Å². The zero-order valence-electron chi connectivity index (χ0n) is 15.4. The number of rotatable bonds is 9. The first-order valence-corrected chi connectivity index (χ1v) is 10.5. The van der Waals surface area contributed by atoms with Gasteiger partial charge in [0.25, 0.3) is 10.0 Å². The highest BCUT2D eigenvalue weighted by atomic mass is 32.2. The number of hydrogen-bond acceptors (Lipinski definition) is 8. The largest absolute Gasteiger partial charge is 0.493 e. The molecule has 0 saturated heterocycles. The third-order valence-electron chi connectivity index (χ3n) is 3.31. The quantitative estimate of drug-likeness (QED) is 0.601. The summed E-state index contributed by atoms with van der Waals surface area (Å²) in [6.45, 7) is 5.20. The van der Waals surface area contributed by atoms with Crippen LogP contribution in [0.25, 0.3) is 0 Å². The number of nitrogens with one attached hydrogen (secondary N) is 2. The maximum absolute atomic E-state index is 12.4. The summed E-state index contributed by atoms with van der Waals surface area (Å²) in [4.78, 5) is 11.7. The van der Waals surface area contributed by atoms with Crippen molar-refractivity contribution < 1.29 is 22.7 Å². The van der Waals surface area contributed by atoms with Crippen molar-refractivity contribution in [3.8, 4) is 11.5 Å². The van der Waals surface area contributed by atoms with Crippen molar-refractivity contribution in [1.82, 2.24) is 14.9 Å². The van der Waals surface area contributed by atoms with Gasteiger partial charge in [0.2, 0.25) is 15.4 Å². The second kappa shape index (κ2) is 9.11. The SMILES string of the molecule is COc1ccccc1OC[C@@H](C)NS(=O)(=O)c1nnc(NC(=O)C(C)C)s1. The van der Waals surface area contributed by atoms with Crippen molar-refractivity contribution in [2.45, 2.75) is 31.2 Å². The van der Waals surface area contributed by atoms with E-state index in [4.69, 9.17) is 9.47 Å². The Bertz CT molecular complexity index is 882. The molecule has 0 unspecified atom stereocenters. The molecule has 0 fully saturated rings. The number of anilines is 1. The van der Waals surface area contributed by atoms with Gasteiger partial charge in [-0.25, -0.2) is 13.1 Å². The van der Waals surface area contributed by atoms with Crippen molar-refractivity contribution in [3.05, 3.63) is 24.3 Å². The first-order valence-electron chi connectivity index (χ1n) is 8.15. The minimum absolute atomic E-state index is 0.0926. The van der Waals surface area contributed by atoms with Gasteiger partial charge in [-0.3, -0.25) is 4.79 Å². The van der Waals surface area contributed by atoms with E-state index < -0.39 is 16.1 Å². The Morgan fingerprint density at radius 1 is 1.19 bits per heavy atom. The molecular weight excluding hydrogens is 392 g/mol. The lowest BCUT2D eigenvalue weighted by atomic mass is 10.2. The highest BCUT2D eigenvalue weighted by Crippen LogP contribution is 2.26. The Kier molecular flexibility index (Phi) is 7.11. The number of nitrogens with zero attached hydrogens (tertiary/aromatic N) is 2. The number of carbonyl (C=O) groups is 1. The maximum Gasteiger partial charge on any atom is 0.270 e. The molecule has 0 radical (unpaired) electrons. The van der Waals surface area contributed by atoms with Crippen LogP contribution in [0.4, 0.5) is 5.13 Å². The van der Waals surface area contributed by atoms with Gasteiger partial charge < -0.3 is 14.8 Å². The average Bonchev–Trinajstić information content (AvgIpc) is 3.09. The fourth-order valence-electron chi connectivity index (χ4n) is 1.92. The lowest BCUT2D eigenvalue weighted by Crippen LogP contribution is -2.36. The normalized spacial score (nSPS) is 12.6. The average molecular weight is 415 g/mol. The number of methoxy groups -OCH3 is 1. The Morgan fingerprint density at radius 3 is 2.48 bits per heavy atom. The number of ether oxygens (including phenoxy) is 2. The Hall–Kier alpha value is -2.24. The lowest BCUT2D eigenvalue weighted by molar-refractivity contribution is -0.118. The monoisotopic (exact) mass is 414 g/mol. The Morgan fingerprint density at radius 2 is 1.85 bits per heavy atom. The first kappa shape index (κ1) is 21.1. The summed E-state index contributed by atoms with van der Waals surface area (Å²) in [5, 5.41) is 9.99. The zero-order chi connectivity index (χ0) is 20.0. The standard InChI is InChI=1S/C16H22N4O5S2/c1-10(2)14(21)17-15-18-19-16(26-15)27(22,23)20-11(3)9-25-13-8-6-5-7-12(13)24-4/h5-8,10-11,20H,9H2,1-4H3,(H,17,18,21)/t11-/m1/s1. The molecule has 0 saturated carbocycles. The predicted molar refractivity (Wildman–Crippen MR) is 102 cm³/mol. The number of hydrogen-bond donors (Lipinski definition) is 2. The predicted octanol–water partition coefficient (Wildman–Crippen LogP) is 1.89. The van der Waals surface area contributed by atoms with Crippen LogP contribution < -0.4 is 19.5 Å². The van der Waals surface area contributed by atoms with Crippen molar-refractivity contribution in [2.24, 2.45) is 5.92 Å². The van der Waals surface area contributed by atoms with Crippen LogP contribution in [0.5, 0.6) is 11.5 Å². The summed E-state index contributed by atoms with van der Waals surface area (Å²) in [6, 6.07) is 6.55. The number of carbonyl (C=O) groups excluding carboxylic acids is 1. The topological polar surface area (TPSA) is 120 Å². The van der Waals surface area contributed by atoms with E-state index in [2.05, 4.69) is 20.2 Å². The van der Waals surface area contributed by atoms with Gasteiger partial charge in [-0.05, 0) is 19.1 Å². The molecule has 1 aromatic carbocycles. The van der Waals surface area contributed by atoms with E-state index in [9.17, 15) is 13.2 Å². The van der Waals surface area contributed by atoms with E-state index in [0.29, 0.717) is 11.5 Å². The van der Waals surface area contributed by atoms with E-state index >= 15 is 0 Å². The van der Waals surface area contributed by atoms with Gasteiger partial charge in [0.05, 0.1) is 13.2 Å². The van der Waals surface area contributed by atoms with Crippen LogP contribution in [-0.2, 0) is 14.8 Å². The van der Waals surface area contributed by atoms with Crippen LogP contribution in [0.15, 0.2) is 28.6 Å². The second-order valence-corrected chi connectivity index (χ2v) is 8.87. The number of para-hydroxylation sites is 2. The zero-order valence-corrected chi connectivity index (χ0v) is 17.1. The molecule has 1 aromatic heterocycles.